The fourth-order valence-corrected chi connectivity index (χ4v) is 1.85. The molecule has 0 bridgehead atoms. The standard InChI is InChI=1S/C14H17N3/c1-3-11-4-5-12(8-10(11)2)17-14-6-7-16-9-13(14)15/h4-9H,3,15H2,1-2H3,(H,16,17). The van der Waals surface area contributed by atoms with Crippen molar-refractivity contribution < 1.29 is 0 Å². The van der Waals surface area contributed by atoms with Crippen molar-refractivity contribution in [1.82, 2.24) is 4.98 Å². The second-order valence-electron chi connectivity index (χ2n) is 4.08. The summed E-state index contributed by atoms with van der Waals surface area (Å²) in [6, 6.07) is 8.23. The smallest absolute Gasteiger partial charge is 0.0739 e. The molecule has 1 aromatic carbocycles. The highest BCUT2D eigenvalue weighted by Gasteiger charge is 2.01. The number of aryl methyl sites for hydroxylation is 2. The van der Waals surface area contributed by atoms with Crippen LogP contribution in [0.5, 0.6) is 0 Å². The largest absolute Gasteiger partial charge is 0.396 e. The lowest BCUT2D eigenvalue weighted by atomic mass is 10.1. The number of hydrogen-bond acceptors (Lipinski definition) is 3. The molecule has 0 fully saturated rings. The monoisotopic (exact) mass is 227 g/mol. The van der Waals surface area contributed by atoms with Crippen molar-refractivity contribution in [3.63, 3.8) is 0 Å². The van der Waals surface area contributed by atoms with Crippen molar-refractivity contribution in [3.05, 3.63) is 47.8 Å². The Morgan fingerprint density at radius 3 is 2.76 bits per heavy atom. The SMILES string of the molecule is CCc1ccc(Nc2ccncc2N)cc1C. The third-order valence-electron chi connectivity index (χ3n) is 2.85. The van der Waals surface area contributed by atoms with E-state index in [-0.39, 0.29) is 0 Å². The third-order valence-corrected chi connectivity index (χ3v) is 2.85. The van der Waals surface area contributed by atoms with Crippen LogP contribution in [0, 0.1) is 6.92 Å². The van der Waals surface area contributed by atoms with Crippen LogP contribution in [-0.4, -0.2) is 4.98 Å². The highest BCUT2D eigenvalue weighted by Crippen LogP contribution is 2.23. The molecule has 88 valence electrons. The third kappa shape index (κ3) is 2.56. The van der Waals surface area contributed by atoms with Crippen molar-refractivity contribution in [2.24, 2.45) is 0 Å². The van der Waals surface area contributed by atoms with Crippen molar-refractivity contribution in [1.29, 1.82) is 0 Å². The first kappa shape index (κ1) is 11.5. The number of nitrogens with one attached hydrogen (secondary N) is 1. The Morgan fingerprint density at radius 1 is 1.29 bits per heavy atom. The number of nitrogens with two attached hydrogens (primary N) is 1. The Balaban J connectivity index is 2.25. The summed E-state index contributed by atoms with van der Waals surface area (Å²) < 4.78 is 0. The van der Waals surface area contributed by atoms with Crippen molar-refractivity contribution in [2.45, 2.75) is 20.3 Å². The van der Waals surface area contributed by atoms with Gasteiger partial charge in [-0.15, -0.1) is 0 Å². The van der Waals surface area contributed by atoms with E-state index in [0.717, 1.165) is 17.8 Å². The Morgan fingerprint density at radius 2 is 2.12 bits per heavy atom. The molecule has 17 heavy (non-hydrogen) atoms. The van der Waals surface area contributed by atoms with Gasteiger partial charge in [0.25, 0.3) is 0 Å². The maximum atomic E-state index is 5.84. The minimum atomic E-state index is 0.657. The van der Waals surface area contributed by atoms with Crippen LogP contribution in [0.3, 0.4) is 0 Å². The summed E-state index contributed by atoms with van der Waals surface area (Å²) >= 11 is 0. The van der Waals surface area contributed by atoms with Crippen molar-refractivity contribution in [2.75, 3.05) is 11.1 Å². The predicted molar refractivity (Wildman–Crippen MR) is 72.5 cm³/mol. The predicted octanol–water partition coefficient (Wildman–Crippen LogP) is 3.28. The van der Waals surface area contributed by atoms with Gasteiger partial charge < -0.3 is 11.1 Å². The number of benzene rings is 1. The zero-order chi connectivity index (χ0) is 12.3. The molecule has 0 unspecified atom stereocenters. The highest BCUT2D eigenvalue weighted by molar-refractivity contribution is 5.71. The molecule has 3 heteroatoms. The summed E-state index contributed by atoms with van der Waals surface area (Å²) in [5.74, 6) is 0. The summed E-state index contributed by atoms with van der Waals surface area (Å²) in [4.78, 5) is 3.97. The molecule has 0 spiro atoms. The second-order valence-corrected chi connectivity index (χ2v) is 4.08. The number of nitrogens with zero attached hydrogens (tertiary/aromatic N) is 1. The number of anilines is 3. The molecule has 0 radical (unpaired) electrons. The Kier molecular flexibility index (Phi) is 3.28. The fourth-order valence-electron chi connectivity index (χ4n) is 1.85. The second kappa shape index (κ2) is 4.87. The van der Waals surface area contributed by atoms with E-state index in [1.807, 2.05) is 6.07 Å². The zero-order valence-electron chi connectivity index (χ0n) is 10.2. The molecule has 0 saturated carbocycles. The van der Waals surface area contributed by atoms with Gasteiger partial charge in [-0.1, -0.05) is 13.0 Å². The van der Waals surface area contributed by atoms with Gasteiger partial charge in [-0.05, 0) is 42.7 Å². The average molecular weight is 227 g/mol. The Labute approximate surface area is 102 Å². The van der Waals surface area contributed by atoms with Gasteiger partial charge in [0, 0.05) is 11.9 Å². The first-order valence-electron chi connectivity index (χ1n) is 5.76. The summed E-state index contributed by atoms with van der Waals surface area (Å²) in [5.41, 5.74) is 11.1. The summed E-state index contributed by atoms with van der Waals surface area (Å²) in [6.07, 6.45) is 4.44. The van der Waals surface area contributed by atoms with E-state index in [1.165, 1.54) is 11.1 Å². The van der Waals surface area contributed by atoms with E-state index in [4.69, 9.17) is 5.73 Å². The molecule has 1 aromatic heterocycles. The Hall–Kier alpha value is -2.03. The number of hydrogen-bond donors (Lipinski definition) is 2. The van der Waals surface area contributed by atoms with Gasteiger partial charge in [0.1, 0.15) is 0 Å². The minimum absolute atomic E-state index is 0.657. The molecule has 3 nitrogen and oxygen atoms in total. The van der Waals surface area contributed by atoms with E-state index in [0.29, 0.717) is 5.69 Å². The highest BCUT2D eigenvalue weighted by atomic mass is 14.9. The molecular weight excluding hydrogens is 210 g/mol. The molecule has 1 heterocycles. The molecule has 2 aromatic rings. The van der Waals surface area contributed by atoms with Crippen LogP contribution in [0.4, 0.5) is 17.1 Å². The lowest BCUT2D eigenvalue weighted by Gasteiger charge is -2.11. The van der Waals surface area contributed by atoms with Crippen LogP contribution in [0.25, 0.3) is 0 Å². The summed E-state index contributed by atoms with van der Waals surface area (Å²) in [5, 5.41) is 3.30. The van der Waals surface area contributed by atoms with E-state index < -0.39 is 0 Å². The molecule has 0 aliphatic rings. The molecule has 0 aliphatic heterocycles. The maximum absolute atomic E-state index is 5.84. The fraction of sp³-hybridized carbons (Fsp3) is 0.214. The molecule has 0 atom stereocenters. The van der Waals surface area contributed by atoms with Crippen LogP contribution < -0.4 is 11.1 Å². The summed E-state index contributed by atoms with van der Waals surface area (Å²) in [7, 11) is 0. The molecule has 0 aliphatic carbocycles. The van der Waals surface area contributed by atoms with E-state index >= 15 is 0 Å². The normalized spacial score (nSPS) is 10.2. The first-order chi connectivity index (χ1) is 8.20. The van der Waals surface area contributed by atoms with E-state index in [9.17, 15) is 0 Å². The van der Waals surface area contributed by atoms with Gasteiger partial charge in [0.05, 0.1) is 17.6 Å². The molecular formula is C14H17N3. The van der Waals surface area contributed by atoms with Crippen molar-refractivity contribution >= 4 is 17.1 Å². The minimum Gasteiger partial charge on any atom is -0.396 e. The lowest BCUT2D eigenvalue weighted by Crippen LogP contribution is -1.97. The molecule has 2 rings (SSSR count). The molecule has 0 saturated heterocycles. The molecule has 3 N–H and O–H groups in total. The molecule has 0 amide bonds. The van der Waals surface area contributed by atoms with Gasteiger partial charge in [-0.2, -0.15) is 0 Å². The number of nitrogen functional groups attached to an aromatic ring is 1. The van der Waals surface area contributed by atoms with Crippen molar-refractivity contribution in [3.8, 4) is 0 Å². The number of aromatic nitrogens is 1. The Bertz CT molecular complexity index is 521. The van der Waals surface area contributed by atoms with E-state index in [2.05, 4.69) is 42.3 Å². The number of pyridine rings is 1. The topological polar surface area (TPSA) is 50.9 Å². The van der Waals surface area contributed by atoms with Crippen LogP contribution in [-0.2, 0) is 6.42 Å². The van der Waals surface area contributed by atoms with Crippen LogP contribution in [0.15, 0.2) is 36.7 Å². The van der Waals surface area contributed by atoms with Crippen LogP contribution >= 0.6 is 0 Å². The van der Waals surface area contributed by atoms with Gasteiger partial charge in [-0.3, -0.25) is 4.98 Å². The van der Waals surface area contributed by atoms with Crippen LogP contribution in [0.1, 0.15) is 18.1 Å². The summed E-state index contributed by atoms with van der Waals surface area (Å²) in [6.45, 7) is 4.29. The quantitative estimate of drug-likeness (QED) is 0.846. The van der Waals surface area contributed by atoms with Gasteiger partial charge in [0.15, 0.2) is 0 Å². The van der Waals surface area contributed by atoms with Gasteiger partial charge in [-0.25, -0.2) is 0 Å². The van der Waals surface area contributed by atoms with Gasteiger partial charge >= 0.3 is 0 Å². The van der Waals surface area contributed by atoms with Gasteiger partial charge in [0.2, 0.25) is 0 Å². The average Bonchev–Trinajstić information content (AvgIpc) is 2.32. The van der Waals surface area contributed by atoms with Crippen LogP contribution in [0.2, 0.25) is 0 Å². The zero-order valence-corrected chi connectivity index (χ0v) is 10.2. The lowest BCUT2D eigenvalue weighted by molar-refractivity contribution is 1.11. The van der Waals surface area contributed by atoms with E-state index in [1.54, 1.807) is 12.4 Å². The maximum Gasteiger partial charge on any atom is 0.0739 e. The number of rotatable bonds is 3. The first-order valence-corrected chi connectivity index (χ1v) is 5.76.